The quantitative estimate of drug-likeness (QED) is 0.484. The Kier molecular flexibility index (Phi) is 8.54. The first kappa shape index (κ1) is 21.0. The van der Waals surface area contributed by atoms with Gasteiger partial charge in [0.2, 0.25) is 5.92 Å². The molecule has 0 aromatic carbocycles. The normalized spacial score (nSPS) is 15.3. The first-order valence-corrected chi connectivity index (χ1v) is 10.6. The second-order valence-electron chi connectivity index (χ2n) is 7.38. The van der Waals surface area contributed by atoms with E-state index in [2.05, 4.69) is 33.9 Å². The van der Waals surface area contributed by atoms with Crippen LogP contribution in [0.25, 0.3) is 0 Å². The van der Waals surface area contributed by atoms with Crippen molar-refractivity contribution >= 4 is 8.32 Å². The maximum atomic E-state index is 12.7. The lowest BCUT2D eigenvalue weighted by molar-refractivity contribution is 0.00798. The van der Waals surface area contributed by atoms with E-state index in [0.29, 0.717) is 32.7 Å². The van der Waals surface area contributed by atoms with Gasteiger partial charge in [0.1, 0.15) is 0 Å². The van der Waals surface area contributed by atoms with Crippen molar-refractivity contribution < 1.29 is 17.9 Å². The summed E-state index contributed by atoms with van der Waals surface area (Å²) < 4.78 is 36.8. The lowest BCUT2D eigenvalue weighted by atomic mass is 10.1. The number of halogens is 2. The molecular weight excluding hydrogens is 292 g/mol. The molecule has 0 aliphatic heterocycles. The van der Waals surface area contributed by atoms with Gasteiger partial charge in [-0.1, -0.05) is 20.8 Å². The largest absolute Gasteiger partial charge is 0.414 e. The maximum Gasteiger partial charge on any atom is 0.245 e. The predicted molar refractivity (Wildman–Crippen MR) is 86.4 cm³/mol. The third kappa shape index (κ3) is 10.3. The van der Waals surface area contributed by atoms with E-state index in [0.717, 1.165) is 6.92 Å². The second kappa shape index (κ2) is 8.55. The molecule has 0 bridgehead atoms. The molecule has 0 saturated carbocycles. The van der Waals surface area contributed by atoms with Crippen molar-refractivity contribution in [3.63, 3.8) is 0 Å². The summed E-state index contributed by atoms with van der Waals surface area (Å²) in [5.41, 5.74) is 5.78. The summed E-state index contributed by atoms with van der Waals surface area (Å²) in [5, 5.41) is 0.195. The maximum absolute atomic E-state index is 12.7. The van der Waals surface area contributed by atoms with Gasteiger partial charge >= 0.3 is 0 Å². The highest BCUT2D eigenvalue weighted by Gasteiger charge is 2.36. The minimum absolute atomic E-state index is 0.164. The Labute approximate surface area is 129 Å². The summed E-state index contributed by atoms with van der Waals surface area (Å²) in [6, 6.07) is -0.225. The fourth-order valence-corrected chi connectivity index (χ4v) is 2.52. The van der Waals surface area contributed by atoms with E-state index < -0.39 is 14.2 Å². The number of hydrogen-bond donors (Lipinski definition) is 1. The summed E-state index contributed by atoms with van der Waals surface area (Å²) in [7, 11) is -1.71. The molecule has 21 heavy (non-hydrogen) atoms. The lowest BCUT2D eigenvalue weighted by Gasteiger charge is -2.36. The van der Waals surface area contributed by atoms with Crippen molar-refractivity contribution in [2.45, 2.75) is 77.1 Å². The minimum Gasteiger partial charge on any atom is -0.414 e. The number of ether oxygens (including phenoxy) is 1. The average molecular weight is 326 g/mol. The topological polar surface area (TPSA) is 44.5 Å². The van der Waals surface area contributed by atoms with Gasteiger partial charge in [0, 0.05) is 19.1 Å². The van der Waals surface area contributed by atoms with E-state index in [9.17, 15) is 8.78 Å². The Morgan fingerprint density at radius 1 is 1.00 bits per heavy atom. The average Bonchev–Trinajstić information content (AvgIpc) is 2.28. The highest BCUT2D eigenvalue weighted by Crippen LogP contribution is 2.36. The van der Waals surface area contributed by atoms with Crippen LogP contribution in [-0.2, 0) is 9.16 Å². The predicted octanol–water partition coefficient (Wildman–Crippen LogP) is 4.18. The van der Waals surface area contributed by atoms with Crippen LogP contribution >= 0.6 is 0 Å². The molecule has 0 rings (SSSR count). The van der Waals surface area contributed by atoms with Gasteiger partial charge in [0.05, 0.1) is 13.2 Å². The molecule has 0 aliphatic carbocycles. The second-order valence-corrected chi connectivity index (χ2v) is 12.2. The Balaban J connectivity index is 3.65. The molecule has 0 aromatic heterocycles. The van der Waals surface area contributed by atoms with Gasteiger partial charge in [-0.2, -0.15) is 0 Å². The summed E-state index contributed by atoms with van der Waals surface area (Å²) in [4.78, 5) is 0. The van der Waals surface area contributed by atoms with Gasteiger partial charge in [-0.25, -0.2) is 8.78 Å². The Hall–Kier alpha value is -0.0431. The lowest BCUT2D eigenvalue weighted by Crippen LogP contribution is -2.41. The minimum atomic E-state index is -2.63. The molecule has 6 heteroatoms. The van der Waals surface area contributed by atoms with E-state index in [1.165, 1.54) is 0 Å². The zero-order valence-corrected chi connectivity index (χ0v) is 15.5. The molecule has 0 saturated heterocycles. The van der Waals surface area contributed by atoms with Crippen molar-refractivity contribution in [3.8, 4) is 0 Å². The van der Waals surface area contributed by atoms with Crippen molar-refractivity contribution in [1.29, 1.82) is 0 Å². The summed E-state index contributed by atoms with van der Waals surface area (Å²) in [5.74, 6) is -2.63. The van der Waals surface area contributed by atoms with Crippen LogP contribution < -0.4 is 5.73 Å². The van der Waals surface area contributed by atoms with Crippen LogP contribution in [-0.4, -0.2) is 40.1 Å². The molecule has 0 radical (unpaired) electrons. The fraction of sp³-hybridized carbons (Fsp3) is 1.00. The number of rotatable bonds is 10. The Morgan fingerprint density at radius 2 is 1.57 bits per heavy atom. The SMILES string of the molecule is CC(F)(F)CCC(N)CCOCCO[Si](C)(C)C(C)(C)C. The van der Waals surface area contributed by atoms with E-state index in [1.807, 2.05) is 0 Å². The fourth-order valence-electron chi connectivity index (χ4n) is 1.49. The first-order chi connectivity index (χ1) is 9.35. The highest BCUT2D eigenvalue weighted by atomic mass is 28.4. The third-order valence-electron chi connectivity index (χ3n) is 4.08. The van der Waals surface area contributed by atoms with Crippen LogP contribution in [0.15, 0.2) is 0 Å². The monoisotopic (exact) mass is 325 g/mol. The molecule has 0 aromatic rings. The van der Waals surface area contributed by atoms with E-state index >= 15 is 0 Å². The molecule has 2 N–H and O–H groups in total. The van der Waals surface area contributed by atoms with Gasteiger partial charge in [-0.3, -0.25) is 0 Å². The molecule has 128 valence electrons. The standard InChI is InChI=1S/C15H33F2NO2Si/c1-14(2,3)21(5,6)20-12-11-19-10-8-13(18)7-9-15(4,16)17/h13H,7-12,18H2,1-6H3. The van der Waals surface area contributed by atoms with Crippen molar-refractivity contribution in [2.75, 3.05) is 19.8 Å². The number of alkyl halides is 2. The molecule has 1 unspecified atom stereocenters. The molecule has 0 heterocycles. The van der Waals surface area contributed by atoms with E-state index in [4.69, 9.17) is 14.9 Å². The van der Waals surface area contributed by atoms with Gasteiger partial charge < -0.3 is 14.9 Å². The number of nitrogens with two attached hydrogens (primary N) is 1. The van der Waals surface area contributed by atoms with E-state index in [-0.39, 0.29) is 17.5 Å². The molecular formula is C15H33F2NO2Si. The van der Waals surface area contributed by atoms with E-state index in [1.54, 1.807) is 0 Å². The summed E-state index contributed by atoms with van der Waals surface area (Å²) in [6.45, 7) is 13.5. The van der Waals surface area contributed by atoms with Crippen molar-refractivity contribution in [2.24, 2.45) is 5.73 Å². The van der Waals surface area contributed by atoms with Crippen LogP contribution in [0.1, 0.15) is 47.0 Å². The van der Waals surface area contributed by atoms with Gasteiger partial charge in [0.15, 0.2) is 8.32 Å². The zero-order valence-electron chi connectivity index (χ0n) is 14.5. The molecule has 3 nitrogen and oxygen atoms in total. The number of hydrogen-bond acceptors (Lipinski definition) is 3. The Morgan fingerprint density at radius 3 is 2.05 bits per heavy atom. The summed E-state index contributed by atoms with van der Waals surface area (Å²) in [6.07, 6.45) is 0.770. The zero-order chi connectivity index (χ0) is 16.7. The first-order valence-electron chi connectivity index (χ1n) is 7.70. The van der Waals surface area contributed by atoms with Crippen LogP contribution in [0.3, 0.4) is 0 Å². The highest BCUT2D eigenvalue weighted by molar-refractivity contribution is 6.74. The van der Waals surface area contributed by atoms with Gasteiger partial charge in [-0.05, 0) is 37.9 Å². The van der Waals surface area contributed by atoms with Crippen molar-refractivity contribution in [1.82, 2.24) is 0 Å². The van der Waals surface area contributed by atoms with Crippen LogP contribution in [0.4, 0.5) is 8.78 Å². The van der Waals surface area contributed by atoms with Gasteiger partial charge in [-0.15, -0.1) is 0 Å². The Bertz CT molecular complexity index is 288. The summed E-state index contributed by atoms with van der Waals surface area (Å²) >= 11 is 0. The van der Waals surface area contributed by atoms with Crippen LogP contribution in [0.5, 0.6) is 0 Å². The van der Waals surface area contributed by atoms with Crippen LogP contribution in [0.2, 0.25) is 18.1 Å². The van der Waals surface area contributed by atoms with Gasteiger partial charge in [0.25, 0.3) is 0 Å². The molecule has 0 spiro atoms. The van der Waals surface area contributed by atoms with Crippen molar-refractivity contribution in [3.05, 3.63) is 0 Å². The molecule has 0 amide bonds. The smallest absolute Gasteiger partial charge is 0.245 e. The molecule has 0 fully saturated rings. The molecule has 1 atom stereocenters. The third-order valence-corrected chi connectivity index (χ3v) is 8.62. The molecule has 0 aliphatic rings. The van der Waals surface area contributed by atoms with Crippen LogP contribution in [0, 0.1) is 0 Å².